The number of benzene rings is 4. The van der Waals surface area contributed by atoms with Gasteiger partial charge in [-0.05, 0) is 47.0 Å². The number of carbonyl (C=O) groups is 1. The van der Waals surface area contributed by atoms with Crippen molar-refractivity contribution >= 4 is 48.8 Å². The number of nitrogens with one attached hydrogen (secondary N) is 1. The molecule has 0 bridgehead atoms. The molecule has 8 heteroatoms. The summed E-state index contributed by atoms with van der Waals surface area (Å²) in [7, 11) is -3.89. The molecule has 0 aliphatic rings. The minimum absolute atomic E-state index is 0.126. The van der Waals surface area contributed by atoms with Crippen molar-refractivity contribution in [2.75, 3.05) is 13.1 Å². The van der Waals surface area contributed by atoms with Gasteiger partial charge in [-0.25, -0.2) is 13.8 Å². The van der Waals surface area contributed by atoms with Crippen LogP contribution in [0.25, 0.3) is 10.8 Å². The molecule has 0 atom stereocenters. The van der Waals surface area contributed by atoms with E-state index in [2.05, 4.69) is 26.5 Å². The van der Waals surface area contributed by atoms with Crippen LogP contribution in [0, 0.1) is 0 Å². The van der Waals surface area contributed by atoms with Crippen molar-refractivity contribution in [1.82, 2.24) is 9.73 Å². The smallest absolute Gasteiger partial charge is 0.255 e. The predicted molar refractivity (Wildman–Crippen MR) is 143 cm³/mol. The molecule has 0 fully saturated rings. The normalized spacial score (nSPS) is 11.8. The zero-order valence-corrected chi connectivity index (χ0v) is 21.2. The van der Waals surface area contributed by atoms with Crippen LogP contribution in [0.4, 0.5) is 0 Å². The van der Waals surface area contributed by atoms with Crippen LogP contribution in [-0.2, 0) is 21.2 Å². The Kier molecular flexibility index (Phi) is 8.07. The van der Waals surface area contributed by atoms with E-state index in [-0.39, 0.29) is 18.0 Å². The zero-order valence-electron chi connectivity index (χ0n) is 18.8. The Balaban J connectivity index is 1.49. The molecular weight excluding hydrogens is 526 g/mol. The van der Waals surface area contributed by atoms with Crippen LogP contribution in [0.1, 0.15) is 11.1 Å². The third-order valence-corrected chi connectivity index (χ3v) is 7.87. The molecule has 6 nitrogen and oxygen atoms in total. The summed E-state index contributed by atoms with van der Waals surface area (Å²) >= 11 is 3.33. The second-order valence-electron chi connectivity index (χ2n) is 7.89. The molecule has 4 aromatic carbocycles. The molecule has 0 aliphatic carbocycles. The summed E-state index contributed by atoms with van der Waals surface area (Å²) in [5.74, 6) is -0.518. The molecule has 0 saturated heterocycles. The van der Waals surface area contributed by atoms with Gasteiger partial charge in [-0.2, -0.15) is 9.41 Å². The summed E-state index contributed by atoms with van der Waals surface area (Å²) in [6.07, 6.45) is 2.04. The first-order valence-electron chi connectivity index (χ1n) is 11.0. The topological polar surface area (TPSA) is 78.8 Å². The first-order valence-corrected chi connectivity index (χ1v) is 13.3. The summed E-state index contributed by atoms with van der Waals surface area (Å²) in [5, 5.41) is 6.15. The Hall–Kier alpha value is -3.33. The average Bonchev–Trinajstić information content (AvgIpc) is 2.87. The Labute approximate surface area is 213 Å². The molecule has 4 rings (SSSR count). The number of rotatable bonds is 9. The van der Waals surface area contributed by atoms with Gasteiger partial charge in [0.05, 0.1) is 17.7 Å². The van der Waals surface area contributed by atoms with Crippen LogP contribution in [0.3, 0.4) is 0 Å². The number of hydrogen-bond donors (Lipinski definition) is 1. The van der Waals surface area contributed by atoms with E-state index in [0.29, 0.717) is 6.42 Å². The van der Waals surface area contributed by atoms with Gasteiger partial charge in [-0.15, -0.1) is 0 Å². The third-order valence-electron chi connectivity index (χ3n) is 5.48. The number of amides is 1. The Bertz CT molecular complexity index is 1430. The Morgan fingerprint density at radius 2 is 1.57 bits per heavy atom. The van der Waals surface area contributed by atoms with Crippen molar-refractivity contribution in [1.29, 1.82) is 0 Å². The standard InChI is InChI=1S/C27H24BrN3O3S/c28-24-13-15-25(16-14-24)35(33,34)31(18-17-21-7-2-1-3-8-21)20-27(32)30-29-19-23-11-6-10-22-9-4-5-12-26(22)23/h1-16,19H,17-18,20H2,(H,30,32)/b29-19-. The lowest BCUT2D eigenvalue weighted by molar-refractivity contribution is -0.121. The molecule has 0 spiro atoms. The number of halogens is 1. The number of hydrazone groups is 1. The van der Waals surface area contributed by atoms with Gasteiger partial charge < -0.3 is 0 Å². The molecular formula is C27H24BrN3O3S. The van der Waals surface area contributed by atoms with Crippen LogP contribution in [-0.4, -0.2) is 37.9 Å². The van der Waals surface area contributed by atoms with Crippen molar-refractivity contribution in [3.63, 3.8) is 0 Å². The van der Waals surface area contributed by atoms with E-state index < -0.39 is 15.9 Å². The van der Waals surface area contributed by atoms with Gasteiger partial charge in [0.25, 0.3) is 5.91 Å². The van der Waals surface area contributed by atoms with Gasteiger partial charge in [0.15, 0.2) is 0 Å². The quantitative estimate of drug-likeness (QED) is 0.236. The number of nitrogens with zero attached hydrogens (tertiary/aromatic N) is 2. The molecule has 0 radical (unpaired) electrons. The van der Waals surface area contributed by atoms with Crippen molar-refractivity contribution in [3.8, 4) is 0 Å². The van der Waals surface area contributed by atoms with Gasteiger partial charge in [0.2, 0.25) is 10.0 Å². The molecule has 0 unspecified atom stereocenters. The van der Waals surface area contributed by atoms with Crippen LogP contribution in [0.5, 0.6) is 0 Å². The maximum atomic E-state index is 13.3. The van der Waals surface area contributed by atoms with E-state index in [0.717, 1.165) is 26.4 Å². The van der Waals surface area contributed by atoms with Gasteiger partial charge in [-0.1, -0.05) is 88.7 Å². The lowest BCUT2D eigenvalue weighted by Crippen LogP contribution is -2.40. The van der Waals surface area contributed by atoms with E-state index in [4.69, 9.17) is 0 Å². The van der Waals surface area contributed by atoms with E-state index in [1.807, 2.05) is 72.8 Å². The number of carbonyl (C=O) groups excluding carboxylic acids is 1. The SMILES string of the molecule is O=C(CN(CCc1ccccc1)S(=O)(=O)c1ccc(Br)cc1)N/N=C\c1cccc2ccccc12. The van der Waals surface area contributed by atoms with E-state index >= 15 is 0 Å². The Morgan fingerprint density at radius 1 is 0.886 bits per heavy atom. The number of fused-ring (bicyclic) bond motifs is 1. The third kappa shape index (κ3) is 6.42. The second-order valence-corrected chi connectivity index (χ2v) is 10.7. The van der Waals surface area contributed by atoms with Crippen LogP contribution < -0.4 is 5.43 Å². The van der Waals surface area contributed by atoms with Crippen molar-refractivity contribution in [3.05, 3.63) is 113 Å². The van der Waals surface area contributed by atoms with Gasteiger partial charge in [0.1, 0.15) is 0 Å². The summed E-state index contributed by atoms with van der Waals surface area (Å²) in [6.45, 7) is -0.193. The Morgan fingerprint density at radius 3 is 2.34 bits per heavy atom. The van der Waals surface area contributed by atoms with E-state index in [1.165, 1.54) is 16.4 Å². The highest BCUT2D eigenvalue weighted by Gasteiger charge is 2.26. The lowest BCUT2D eigenvalue weighted by Gasteiger charge is -2.21. The van der Waals surface area contributed by atoms with E-state index in [9.17, 15) is 13.2 Å². The minimum Gasteiger partial charge on any atom is -0.272 e. The fourth-order valence-corrected chi connectivity index (χ4v) is 5.33. The maximum absolute atomic E-state index is 13.3. The molecule has 0 heterocycles. The predicted octanol–water partition coefficient (Wildman–Crippen LogP) is 4.99. The molecule has 1 N–H and O–H groups in total. The summed E-state index contributed by atoms with van der Waals surface area (Å²) < 4.78 is 28.6. The highest BCUT2D eigenvalue weighted by Crippen LogP contribution is 2.20. The minimum atomic E-state index is -3.89. The largest absolute Gasteiger partial charge is 0.272 e. The zero-order chi connectivity index (χ0) is 24.7. The van der Waals surface area contributed by atoms with Crippen molar-refractivity contribution in [2.24, 2.45) is 5.10 Å². The summed E-state index contributed by atoms with van der Waals surface area (Å²) in [4.78, 5) is 12.8. The van der Waals surface area contributed by atoms with Crippen molar-refractivity contribution < 1.29 is 13.2 Å². The second kappa shape index (κ2) is 11.4. The monoisotopic (exact) mass is 549 g/mol. The summed E-state index contributed by atoms with van der Waals surface area (Å²) in [5.41, 5.74) is 4.31. The highest BCUT2D eigenvalue weighted by atomic mass is 79.9. The van der Waals surface area contributed by atoms with E-state index in [1.54, 1.807) is 18.3 Å². The molecule has 0 aromatic heterocycles. The van der Waals surface area contributed by atoms with Crippen LogP contribution in [0.15, 0.2) is 112 Å². The molecule has 0 saturated carbocycles. The van der Waals surface area contributed by atoms with Crippen molar-refractivity contribution in [2.45, 2.75) is 11.3 Å². The molecule has 4 aromatic rings. The van der Waals surface area contributed by atoms with Gasteiger partial charge in [0, 0.05) is 16.6 Å². The maximum Gasteiger partial charge on any atom is 0.255 e. The fourth-order valence-electron chi connectivity index (χ4n) is 3.67. The molecule has 1 amide bonds. The summed E-state index contributed by atoms with van der Waals surface area (Å²) in [6, 6.07) is 29.6. The first kappa shape index (κ1) is 24.8. The lowest BCUT2D eigenvalue weighted by atomic mass is 10.1. The number of hydrogen-bond acceptors (Lipinski definition) is 4. The number of sulfonamides is 1. The van der Waals surface area contributed by atoms with Crippen LogP contribution in [0.2, 0.25) is 0 Å². The van der Waals surface area contributed by atoms with Gasteiger partial charge >= 0.3 is 0 Å². The average molecular weight is 550 g/mol. The van der Waals surface area contributed by atoms with Crippen LogP contribution >= 0.6 is 15.9 Å². The molecule has 35 heavy (non-hydrogen) atoms. The molecule has 178 valence electrons. The molecule has 0 aliphatic heterocycles. The first-order chi connectivity index (χ1) is 16.9. The highest BCUT2D eigenvalue weighted by molar-refractivity contribution is 9.10. The fraction of sp³-hybridized carbons (Fsp3) is 0.111. The van der Waals surface area contributed by atoms with Gasteiger partial charge in [-0.3, -0.25) is 4.79 Å².